The van der Waals surface area contributed by atoms with Crippen molar-refractivity contribution in [3.8, 4) is 11.5 Å². The zero-order valence-corrected chi connectivity index (χ0v) is 11.5. The van der Waals surface area contributed by atoms with E-state index in [1.54, 1.807) is 27.7 Å². The summed E-state index contributed by atoms with van der Waals surface area (Å²) in [5, 5.41) is 19.0. The molecular formula is C13H20N2O4. The maximum absolute atomic E-state index is 11.4. The molecule has 1 aromatic rings. The second-order valence-electron chi connectivity index (χ2n) is 5.24. The molecule has 4 N–H and O–H groups in total. The quantitative estimate of drug-likeness (QED) is 0.498. The summed E-state index contributed by atoms with van der Waals surface area (Å²) in [6.07, 6.45) is -0.612. The van der Waals surface area contributed by atoms with Crippen LogP contribution in [0, 0.1) is 0 Å². The van der Waals surface area contributed by atoms with Crippen molar-refractivity contribution < 1.29 is 19.7 Å². The maximum atomic E-state index is 11.4. The van der Waals surface area contributed by atoms with Crippen LogP contribution in [0.2, 0.25) is 0 Å². The van der Waals surface area contributed by atoms with Gasteiger partial charge in [0.15, 0.2) is 0 Å². The molecule has 0 saturated carbocycles. The minimum absolute atomic E-state index is 0.0313. The third-order valence-corrected chi connectivity index (χ3v) is 2.27. The smallest absolute Gasteiger partial charge is 0.422 e. The second-order valence-corrected chi connectivity index (χ2v) is 5.24. The van der Waals surface area contributed by atoms with Gasteiger partial charge in [-0.15, -0.1) is 0 Å². The van der Waals surface area contributed by atoms with Crippen LogP contribution in [0.4, 0.5) is 4.79 Å². The number of ether oxygens (including phenoxy) is 1. The minimum Gasteiger partial charge on any atom is -0.508 e. The molecule has 0 aliphatic heterocycles. The molecule has 6 heteroatoms. The highest BCUT2D eigenvalue weighted by Crippen LogP contribution is 2.27. The average molecular weight is 268 g/mol. The molecule has 0 spiro atoms. The third kappa shape index (κ3) is 5.05. The van der Waals surface area contributed by atoms with Crippen LogP contribution in [0.5, 0.6) is 11.5 Å². The van der Waals surface area contributed by atoms with Gasteiger partial charge in [-0.3, -0.25) is 5.43 Å². The Morgan fingerprint density at radius 1 is 1.32 bits per heavy atom. The highest BCUT2D eigenvalue weighted by atomic mass is 16.6. The summed E-state index contributed by atoms with van der Waals surface area (Å²) in [7, 11) is 0. The van der Waals surface area contributed by atoms with E-state index in [4.69, 9.17) is 4.74 Å². The Kier molecular flexibility index (Phi) is 4.61. The first-order chi connectivity index (χ1) is 8.69. The Bertz CT molecular complexity index is 454. The predicted molar refractivity (Wildman–Crippen MR) is 70.7 cm³/mol. The van der Waals surface area contributed by atoms with Gasteiger partial charge in [-0.25, -0.2) is 10.2 Å². The molecule has 1 rings (SSSR count). The summed E-state index contributed by atoms with van der Waals surface area (Å²) in [6.45, 7) is 7.01. The Hall–Kier alpha value is -1.95. The number of aromatic hydroxyl groups is 2. The van der Waals surface area contributed by atoms with Crippen LogP contribution in [0.25, 0.3) is 0 Å². The van der Waals surface area contributed by atoms with Crippen molar-refractivity contribution in [1.29, 1.82) is 0 Å². The van der Waals surface area contributed by atoms with Crippen molar-refractivity contribution in [2.75, 3.05) is 0 Å². The van der Waals surface area contributed by atoms with E-state index in [2.05, 4.69) is 10.9 Å². The lowest BCUT2D eigenvalue weighted by atomic mass is 10.1. The average Bonchev–Trinajstić information content (AvgIpc) is 2.27. The van der Waals surface area contributed by atoms with Gasteiger partial charge in [0.05, 0.1) is 6.04 Å². The lowest BCUT2D eigenvalue weighted by Crippen LogP contribution is -2.42. The van der Waals surface area contributed by atoms with Crippen molar-refractivity contribution in [1.82, 2.24) is 10.9 Å². The zero-order valence-electron chi connectivity index (χ0n) is 11.5. The molecule has 0 radical (unpaired) electrons. The van der Waals surface area contributed by atoms with Crippen molar-refractivity contribution >= 4 is 6.09 Å². The standard InChI is InChI=1S/C13H20N2O4/c1-8(10-7-9(16)5-6-11(10)17)14-15-12(18)19-13(2,3)4/h5-8,14,16-17H,1-4H3,(H,15,18). The van der Waals surface area contributed by atoms with Gasteiger partial charge in [-0.05, 0) is 45.9 Å². The number of carbonyl (C=O) groups excluding carboxylic acids is 1. The molecule has 0 aliphatic rings. The van der Waals surface area contributed by atoms with Crippen molar-refractivity contribution in [3.63, 3.8) is 0 Å². The highest BCUT2D eigenvalue weighted by molar-refractivity contribution is 5.67. The predicted octanol–water partition coefficient (Wildman–Crippen LogP) is 2.19. The van der Waals surface area contributed by atoms with Crippen LogP contribution in [0.15, 0.2) is 18.2 Å². The fourth-order valence-electron chi connectivity index (χ4n) is 1.44. The van der Waals surface area contributed by atoms with Crippen molar-refractivity contribution in [2.24, 2.45) is 0 Å². The van der Waals surface area contributed by atoms with E-state index in [1.165, 1.54) is 18.2 Å². The molecule has 0 heterocycles. The first kappa shape index (κ1) is 15.1. The molecule has 1 atom stereocenters. The summed E-state index contributed by atoms with van der Waals surface area (Å²) in [6, 6.07) is 3.80. The third-order valence-electron chi connectivity index (χ3n) is 2.27. The van der Waals surface area contributed by atoms with Gasteiger partial charge >= 0.3 is 6.09 Å². The molecule has 106 valence electrons. The monoisotopic (exact) mass is 268 g/mol. The summed E-state index contributed by atoms with van der Waals surface area (Å²) in [5.41, 5.74) is 4.96. The number of rotatable bonds is 3. The molecule has 19 heavy (non-hydrogen) atoms. The molecule has 0 fully saturated rings. The van der Waals surface area contributed by atoms with E-state index in [-0.39, 0.29) is 17.5 Å². The van der Waals surface area contributed by atoms with Crippen LogP contribution < -0.4 is 10.9 Å². The summed E-state index contributed by atoms with van der Waals surface area (Å²) >= 11 is 0. The fourth-order valence-corrected chi connectivity index (χ4v) is 1.44. The first-order valence-corrected chi connectivity index (χ1v) is 5.95. The number of carbonyl (C=O) groups is 1. The van der Waals surface area contributed by atoms with Crippen LogP contribution in [-0.4, -0.2) is 21.9 Å². The van der Waals surface area contributed by atoms with Gasteiger partial charge in [-0.1, -0.05) is 0 Å². The Balaban J connectivity index is 2.58. The lowest BCUT2D eigenvalue weighted by molar-refractivity contribution is 0.0489. The SMILES string of the molecule is CC(NNC(=O)OC(C)(C)C)c1cc(O)ccc1O. The molecule has 0 bridgehead atoms. The van der Waals surface area contributed by atoms with Gasteiger partial charge in [0.25, 0.3) is 0 Å². The van der Waals surface area contributed by atoms with Gasteiger partial charge in [0.2, 0.25) is 0 Å². The van der Waals surface area contributed by atoms with Crippen LogP contribution in [0.1, 0.15) is 39.3 Å². The van der Waals surface area contributed by atoms with E-state index >= 15 is 0 Å². The molecule has 1 unspecified atom stereocenters. The number of hydrogen-bond acceptors (Lipinski definition) is 5. The fraction of sp³-hybridized carbons (Fsp3) is 0.462. The topological polar surface area (TPSA) is 90.8 Å². The first-order valence-electron chi connectivity index (χ1n) is 5.95. The number of amides is 1. The van der Waals surface area contributed by atoms with E-state index in [0.29, 0.717) is 5.56 Å². The Morgan fingerprint density at radius 2 is 1.95 bits per heavy atom. The number of benzene rings is 1. The van der Waals surface area contributed by atoms with Gasteiger partial charge in [0.1, 0.15) is 17.1 Å². The van der Waals surface area contributed by atoms with E-state index in [1.807, 2.05) is 0 Å². The number of phenols is 2. The number of phenolic OH excluding ortho intramolecular Hbond substituents is 2. The van der Waals surface area contributed by atoms with Crippen molar-refractivity contribution in [3.05, 3.63) is 23.8 Å². The van der Waals surface area contributed by atoms with E-state index < -0.39 is 11.7 Å². The Labute approximate surface area is 112 Å². The normalized spacial score (nSPS) is 12.8. The van der Waals surface area contributed by atoms with Crippen LogP contribution >= 0.6 is 0 Å². The maximum Gasteiger partial charge on any atom is 0.422 e. The summed E-state index contributed by atoms with van der Waals surface area (Å²) in [5.74, 6) is 0.0718. The van der Waals surface area contributed by atoms with Gasteiger partial charge < -0.3 is 14.9 Å². The summed E-state index contributed by atoms with van der Waals surface area (Å²) in [4.78, 5) is 11.4. The Morgan fingerprint density at radius 3 is 2.53 bits per heavy atom. The van der Waals surface area contributed by atoms with E-state index in [9.17, 15) is 15.0 Å². The number of hydrogen-bond donors (Lipinski definition) is 4. The lowest BCUT2D eigenvalue weighted by Gasteiger charge is -2.21. The summed E-state index contributed by atoms with van der Waals surface area (Å²) < 4.78 is 5.05. The van der Waals surface area contributed by atoms with E-state index in [0.717, 1.165) is 0 Å². The second kappa shape index (κ2) is 5.79. The molecule has 1 amide bonds. The molecule has 1 aromatic carbocycles. The van der Waals surface area contributed by atoms with Crippen molar-refractivity contribution in [2.45, 2.75) is 39.3 Å². The molecular weight excluding hydrogens is 248 g/mol. The minimum atomic E-state index is -0.612. The molecule has 0 saturated heterocycles. The largest absolute Gasteiger partial charge is 0.508 e. The molecule has 0 aliphatic carbocycles. The van der Waals surface area contributed by atoms with Gasteiger partial charge in [0, 0.05) is 5.56 Å². The highest BCUT2D eigenvalue weighted by Gasteiger charge is 2.17. The van der Waals surface area contributed by atoms with Gasteiger partial charge in [-0.2, -0.15) is 0 Å². The number of hydrazine groups is 1. The zero-order chi connectivity index (χ0) is 14.6. The molecule has 0 aromatic heterocycles. The van der Waals surface area contributed by atoms with Crippen LogP contribution in [-0.2, 0) is 4.74 Å². The number of nitrogens with one attached hydrogen (secondary N) is 2. The molecule has 6 nitrogen and oxygen atoms in total. The van der Waals surface area contributed by atoms with Crippen LogP contribution in [0.3, 0.4) is 0 Å².